The predicted molar refractivity (Wildman–Crippen MR) is 74.2 cm³/mol. The second-order valence-electron chi connectivity index (χ2n) is 4.03. The minimum atomic E-state index is 0.425. The molecule has 0 unspecified atom stereocenters. The summed E-state index contributed by atoms with van der Waals surface area (Å²) in [5.41, 5.74) is 12.7. The molecule has 1 aromatic heterocycles. The van der Waals surface area contributed by atoms with Crippen LogP contribution >= 0.6 is 0 Å². The number of nitrogen functional groups attached to an aromatic ring is 1. The summed E-state index contributed by atoms with van der Waals surface area (Å²) in [6.45, 7) is 1.15. The van der Waals surface area contributed by atoms with E-state index in [1.165, 1.54) is 0 Å². The molecule has 6 nitrogen and oxygen atoms in total. The van der Waals surface area contributed by atoms with Gasteiger partial charge in [0, 0.05) is 6.07 Å². The van der Waals surface area contributed by atoms with Gasteiger partial charge in [0.25, 0.3) is 0 Å². The van der Waals surface area contributed by atoms with Crippen LogP contribution in [0, 0.1) is 0 Å². The van der Waals surface area contributed by atoms with Gasteiger partial charge in [-0.15, -0.1) is 0 Å². The van der Waals surface area contributed by atoms with Crippen LogP contribution in [0.5, 0.6) is 11.5 Å². The third-order valence-electron chi connectivity index (χ3n) is 2.68. The van der Waals surface area contributed by atoms with E-state index in [0.717, 1.165) is 23.4 Å². The summed E-state index contributed by atoms with van der Waals surface area (Å²) in [5, 5.41) is 6.80. The van der Waals surface area contributed by atoms with Crippen LogP contribution < -0.4 is 20.9 Å². The molecule has 0 fully saturated rings. The van der Waals surface area contributed by atoms with Crippen LogP contribution in [0.1, 0.15) is 6.42 Å². The zero-order chi connectivity index (χ0) is 13.7. The molecule has 0 atom stereocenters. The normalized spacial score (nSPS) is 10.4. The monoisotopic (exact) mass is 262 g/mol. The number of ether oxygens (including phenoxy) is 2. The maximum absolute atomic E-state index is 5.74. The molecule has 0 aliphatic heterocycles. The summed E-state index contributed by atoms with van der Waals surface area (Å²) in [6, 6.07) is 7.36. The Bertz CT molecular complexity index is 539. The first-order chi connectivity index (χ1) is 9.26. The fraction of sp³-hybridized carbons (Fsp3) is 0.308. The minimum Gasteiger partial charge on any atom is -0.496 e. The molecule has 19 heavy (non-hydrogen) atoms. The Morgan fingerprint density at radius 1 is 1.32 bits per heavy atom. The van der Waals surface area contributed by atoms with Crippen molar-refractivity contribution in [2.75, 3.05) is 26.0 Å². The number of hydrogen-bond acceptors (Lipinski definition) is 5. The lowest BCUT2D eigenvalue weighted by Crippen LogP contribution is -2.07. The van der Waals surface area contributed by atoms with Crippen molar-refractivity contribution in [3.05, 3.63) is 24.3 Å². The van der Waals surface area contributed by atoms with Gasteiger partial charge in [-0.25, -0.2) is 0 Å². The lowest BCUT2D eigenvalue weighted by atomic mass is 10.1. The van der Waals surface area contributed by atoms with Crippen molar-refractivity contribution < 1.29 is 9.47 Å². The third-order valence-corrected chi connectivity index (χ3v) is 2.68. The third kappa shape index (κ3) is 2.97. The van der Waals surface area contributed by atoms with Crippen LogP contribution in [-0.2, 0) is 0 Å². The fourth-order valence-electron chi connectivity index (χ4n) is 1.80. The number of benzene rings is 1. The Morgan fingerprint density at radius 3 is 2.74 bits per heavy atom. The highest BCUT2D eigenvalue weighted by atomic mass is 16.5. The van der Waals surface area contributed by atoms with E-state index in [0.29, 0.717) is 24.7 Å². The Kier molecular flexibility index (Phi) is 4.25. The highest BCUT2D eigenvalue weighted by Gasteiger charge is 2.14. The molecule has 2 rings (SSSR count). The molecular formula is C13H18N4O2. The summed E-state index contributed by atoms with van der Waals surface area (Å²) in [5.74, 6) is 1.85. The topological polar surface area (TPSA) is 99.2 Å². The standard InChI is InChI=1S/C13H18N4O2/c1-18-10-4-2-5-11(19-7-3-6-14)13(10)9-8-12(15)17-16-9/h2,4-5,8H,3,6-7,14H2,1H3,(H3,15,16,17). The van der Waals surface area contributed by atoms with E-state index in [1.807, 2.05) is 18.2 Å². The van der Waals surface area contributed by atoms with Crippen molar-refractivity contribution in [2.24, 2.45) is 5.73 Å². The van der Waals surface area contributed by atoms with Crippen LogP contribution in [0.3, 0.4) is 0 Å². The Balaban J connectivity index is 2.37. The maximum Gasteiger partial charge on any atom is 0.145 e. The molecule has 6 heteroatoms. The van der Waals surface area contributed by atoms with Crippen molar-refractivity contribution in [2.45, 2.75) is 6.42 Å². The first kappa shape index (κ1) is 13.2. The number of aromatic amines is 1. The summed E-state index contributed by atoms with van der Waals surface area (Å²) in [4.78, 5) is 0. The molecule has 0 saturated heterocycles. The second-order valence-corrected chi connectivity index (χ2v) is 4.03. The molecule has 2 aromatic rings. The molecule has 5 N–H and O–H groups in total. The molecular weight excluding hydrogens is 244 g/mol. The smallest absolute Gasteiger partial charge is 0.145 e. The van der Waals surface area contributed by atoms with Crippen LogP contribution in [0.4, 0.5) is 5.82 Å². The zero-order valence-corrected chi connectivity index (χ0v) is 10.8. The lowest BCUT2D eigenvalue weighted by Gasteiger charge is -2.13. The number of rotatable bonds is 6. The number of methoxy groups -OCH3 is 1. The molecule has 0 amide bonds. The maximum atomic E-state index is 5.74. The molecule has 1 aromatic carbocycles. The number of nitrogens with two attached hydrogens (primary N) is 2. The summed E-state index contributed by atoms with van der Waals surface area (Å²) in [6.07, 6.45) is 0.793. The second kappa shape index (κ2) is 6.10. The zero-order valence-electron chi connectivity index (χ0n) is 10.8. The van der Waals surface area contributed by atoms with E-state index >= 15 is 0 Å². The van der Waals surface area contributed by atoms with Gasteiger partial charge in [0.15, 0.2) is 0 Å². The fourth-order valence-corrected chi connectivity index (χ4v) is 1.80. The Hall–Kier alpha value is -2.21. The van der Waals surface area contributed by atoms with E-state index in [1.54, 1.807) is 13.2 Å². The molecule has 0 radical (unpaired) electrons. The van der Waals surface area contributed by atoms with Gasteiger partial charge in [0.1, 0.15) is 17.3 Å². The minimum absolute atomic E-state index is 0.425. The number of H-pyrrole nitrogens is 1. The van der Waals surface area contributed by atoms with Gasteiger partial charge in [0.2, 0.25) is 0 Å². The van der Waals surface area contributed by atoms with Crippen LogP contribution in [0.15, 0.2) is 24.3 Å². The molecule has 0 saturated carbocycles. The van der Waals surface area contributed by atoms with E-state index in [-0.39, 0.29) is 0 Å². The van der Waals surface area contributed by atoms with Gasteiger partial charge in [0.05, 0.1) is 25.0 Å². The van der Waals surface area contributed by atoms with Crippen molar-refractivity contribution in [3.8, 4) is 22.8 Å². The number of hydrogen-bond donors (Lipinski definition) is 3. The number of aromatic nitrogens is 2. The van der Waals surface area contributed by atoms with Crippen molar-refractivity contribution in [1.82, 2.24) is 10.2 Å². The van der Waals surface area contributed by atoms with Crippen LogP contribution in [0.25, 0.3) is 11.3 Å². The SMILES string of the molecule is COc1cccc(OCCCN)c1-c1cc(N)n[nH]1. The van der Waals surface area contributed by atoms with E-state index in [9.17, 15) is 0 Å². The first-order valence-electron chi connectivity index (χ1n) is 6.07. The van der Waals surface area contributed by atoms with Gasteiger partial charge >= 0.3 is 0 Å². The lowest BCUT2D eigenvalue weighted by molar-refractivity contribution is 0.312. The highest BCUT2D eigenvalue weighted by Crippen LogP contribution is 2.37. The number of nitrogens with one attached hydrogen (secondary N) is 1. The van der Waals surface area contributed by atoms with Crippen LogP contribution in [0.2, 0.25) is 0 Å². The van der Waals surface area contributed by atoms with Crippen LogP contribution in [-0.4, -0.2) is 30.5 Å². The van der Waals surface area contributed by atoms with E-state index in [4.69, 9.17) is 20.9 Å². The van der Waals surface area contributed by atoms with Gasteiger partial charge < -0.3 is 20.9 Å². The van der Waals surface area contributed by atoms with Crippen molar-refractivity contribution in [1.29, 1.82) is 0 Å². The summed E-state index contributed by atoms with van der Waals surface area (Å²) >= 11 is 0. The molecule has 0 aliphatic carbocycles. The summed E-state index contributed by atoms with van der Waals surface area (Å²) in [7, 11) is 1.61. The predicted octanol–water partition coefficient (Wildman–Crippen LogP) is 1.40. The quantitative estimate of drug-likeness (QED) is 0.683. The van der Waals surface area contributed by atoms with Crippen molar-refractivity contribution >= 4 is 5.82 Å². The Morgan fingerprint density at radius 2 is 2.11 bits per heavy atom. The molecule has 0 aliphatic rings. The average Bonchev–Trinajstić information content (AvgIpc) is 2.85. The van der Waals surface area contributed by atoms with Crippen molar-refractivity contribution in [3.63, 3.8) is 0 Å². The first-order valence-corrected chi connectivity index (χ1v) is 6.07. The van der Waals surface area contributed by atoms with E-state index < -0.39 is 0 Å². The Labute approximate surface area is 111 Å². The highest BCUT2D eigenvalue weighted by molar-refractivity contribution is 5.75. The molecule has 0 bridgehead atoms. The molecule has 0 spiro atoms. The molecule has 102 valence electrons. The number of nitrogens with zero attached hydrogens (tertiary/aromatic N) is 1. The van der Waals surface area contributed by atoms with E-state index in [2.05, 4.69) is 10.2 Å². The van der Waals surface area contributed by atoms with Gasteiger partial charge in [-0.1, -0.05) is 6.07 Å². The summed E-state index contributed by atoms with van der Waals surface area (Å²) < 4.78 is 11.1. The van der Waals surface area contributed by atoms with Gasteiger partial charge in [-0.2, -0.15) is 5.10 Å². The molecule has 1 heterocycles. The average molecular weight is 262 g/mol. The van der Waals surface area contributed by atoms with Gasteiger partial charge in [-0.3, -0.25) is 5.10 Å². The number of anilines is 1. The largest absolute Gasteiger partial charge is 0.496 e. The van der Waals surface area contributed by atoms with Gasteiger partial charge in [-0.05, 0) is 25.1 Å².